The first-order valence-electron chi connectivity index (χ1n) is 11.4. The van der Waals surface area contributed by atoms with Gasteiger partial charge in [0.25, 0.3) is 0 Å². The highest BCUT2D eigenvalue weighted by molar-refractivity contribution is 7.22. The van der Waals surface area contributed by atoms with Crippen molar-refractivity contribution >= 4 is 27.7 Å². The van der Waals surface area contributed by atoms with Gasteiger partial charge in [-0.15, -0.1) is 11.3 Å². The lowest BCUT2D eigenvalue weighted by molar-refractivity contribution is 0.104. The molecule has 0 aliphatic carbocycles. The molecule has 0 radical (unpaired) electrons. The third-order valence-corrected chi connectivity index (χ3v) is 6.99. The van der Waals surface area contributed by atoms with Crippen LogP contribution in [0.5, 0.6) is 17.2 Å². The molecule has 0 unspecified atom stereocenters. The Kier molecular flexibility index (Phi) is 7.92. The molecule has 0 aliphatic rings. The van der Waals surface area contributed by atoms with Crippen LogP contribution >= 0.6 is 11.3 Å². The highest BCUT2D eigenvalue weighted by Crippen LogP contribution is 2.39. The van der Waals surface area contributed by atoms with E-state index in [2.05, 4.69) is 5.32 Å². The third kappa shape index (κ3) is 5.07. The van der Waals surface area contributed by atoms with Crippen molar-refractivity contribution in [2.24, 2.45) is 0 Å². The van der Waals surface area contributed by atoms with E-state index in [9.17, 15) is 9.59 Å². The number of rotatable bonds is 9. The van der Waals surface area contributed by atoms with E-state index in [4.69, 9.17) is 18.9 Å². The number of carbonyl (C=O) groups excluding carboxylic acids is 1. The van der Waals surface area contributed by atoms with Gasteiger partial charge in [0.1, 0.15) is 16.3 Å². The number of hydrogen-bond acceptors (Lipinski definition) is 8. The van der Waals surface area contributed by atoms with Crippen molar-refractivity contribution in [2.75, 3.05) is 27.9 Å². The summed E-state index contributed by atoms with van der Waals surface area (Å²) in [6.07, 6.45) is 0.643. The number of carbonyl (C=O) groups is 1. The molecule has 36 heavy (non-hydrogen) atoms. The largest absolute Gasteiger partial charge is 0.514 e. The van der Waals surface area contributed by atoms with Crippen LogP contribution in [-0.2, 0) is 17.8 Å². The number of para-hydroxylation sites is 1. The molecule has 0 fully saturated rings. The topological polar surface area (TPSA) is 88.0 Å². The standard InChI is InChI=1S/C27H28N2O6S/c1-5-34-27(31)35-22-16-29(15-18-8-6-7-9-21(18)33-4)26-23(24(22)30)20(14-28-2)25(36-26)17-10-12-19(32-3)13-11-17/h6-13,16,28H,5,14-15H2,1-4H3. The molecule has 0 amide bonds. The van der Waals surface area contributed by atoms with Crippen LogP contribution in [0.3, 0.4) is 0 Å². The van der Waals surface area contributed by atoms with E-state index in [1.807, 2.05) is 60.1 Å². The smallest absolute Gasteiger partial charge is 0.497 e. The van der Waals surface area contributed by atoms with Gasteiger partial charge >= 0.3 is 6.16 Å². The molecule has 0 aliphatic heterocycles. The van der Waals surface area contributed by atoms with Crippen LogP contribution in [-0.4, -0.2) is 38.6 Å². The molecule has 1 N–H and O–H groups in total. The monoisotopic (exact) mass is 508 g/mol. The molecule has 2 heterocycles. The summed E-state index contributed by atoms with van der Waals surface area (Å²) in [5.74, 6) is 1.38. The molecule has 2 aromatic heterocycles. The van der Waals surface area contributed by atoms with Crippen molar-refractivity contribution in [3.8, 4) is 27.7 Å². The van der Waals surface area contributed by atoms with Crippen molar-refractivity contribution < 1.29 is 23.7 Å². The Labute approximate surface area is 213 Å². The normalized spacial score (nSPS) is 10.9. The number of nitrogens with zero attached hydrogens (tertiary/aromatic N) is 1. The quantitative estimate of drug-likeness (QED) is 0.317. The summed E-state index contributed by atoms with van der Waals surface area (Å²) in [7, 11) is 5.07. The molecular weight excluding hydrogens is 480 g/mol. The zero-order valence-corrected chi connectivity index (χ0v) is 21.4. The Hall–Kier alpha value is -3.82. The summed E-state index contributed by atoms with van der Waals surface area (Å²) in [6.45, 7) is 2.67. The van der Waals surface area contributed by atoms with E-state index in [1.165, 1.54) is 11.3 Å². The van der Waals surface area contributed by atoms with Crippen LogP contribution in [0.1, 0.15) is 18.1 Å². The van der Waals surface area contributed by atoms with Gasteiger partial charge in [-0.25, -0.2) is 4.79 Å². The van der Waals surface area contributed by atoms with E-state index in [0.29, 0.717) is 18.5 Å². The summed E-state index contributed by atoms with van der Waals surface area (Å²) in [5, 5.41) is 3.67. The van der Waals surface area contributed by atoms with E-state index < -0.39 is 6.16 Å². The van der Waals surface area contributed by atoms with Crippen molar-refractivity contribution in [1.29, 1.82) is 0 Å². The van der Waals surface area contributed by atoms with Gasteiger partial charge in [-0.1, -0.05) is 18.2 Å². The van der Waals surface area contributed by atoms with Gasteiger partial charge in [0, 0.05) is 17.0 Å². The molecule has 4 aromatic rings. The van der Waals surface area contributed by atoms with Gasteiger partial charge in [-0.05, 0) is 55.4 Å². The summed E-state index contributed by atoms with van der Waals surface area (Å²) >= 11 is 1.51. The van der Waals surface area contributed by atoms with E-state index >= 15 is 0 Å². The Morgan fingerprint density at radius 3 is 2.44 bits per heavy atom. The highest BCUT2D eigenvalue weighted by Gasteiger charge is 2.23. The first-order chi connectivity index (χ1) is 17.5. The summed E-state index contributed by atoms with van der Waals surface area (Å²) in [4.78, 5) is 27.5. The fourth-order valence-corrected chi connectivity index (χ4v) is 5.33. The van der Waals surface area contributed by atoms with Gasteiger partial charge in [-0.3, -0.25) is 4.79 Å². The minimum atomic E-state index is -0.918. The minimum absolute atomic E-state index is 0.0905. The van der Waals surface area contributed by atoms with Crippen molar-refractivity contribution in [3.63, 3.8) is 0 Å². The fraction of sp³-hybridized carbons (Fsp3) is 0.259. The molecule has 0 spiro atoms. The van der Waals surface area contributed by atoms with E-state index in [-0.39, 0.29) is 17.8 Å². The zero-order valence-electron chi connectivity index (χ0n) is 20.6. The van der Waals surface area contributed by atoms with Gasteiger partial charge in [0.2, 0.25) is 5.43 Å². The predicted octanol–water partition coefficient (Wildman–Crippen LogP) is 5.05. The predicted molar refractivity (Wildman–Crippen MR) is 141 cm³/mol. The maximum Gasteiger partial charge on any atom is 0.514 e. The second kappa shape index (κ2) is 11.3. The molecule has 0 bridgehead atoms. The summed E-state index contributed by atoms with van der Waals surface area (Å²) in [6, 6.07) is 15.4. The molecule has 8 nitrogen and oxygen atoms in total. The molecule has 4 rings (SSSR count). The second-order valence-corrected chi connectivity index (χ2v) is 8.90. The number of fused-ring (bicyclic) bond motifs is 1. The molecular formula is C27H28N2O6S. The lowest BCUT2D eigenvalue weighted by Gasteiger charge is -2.14. The van der Waals surface area contributed by atoms with Crippen LogP contribution in [0.4, 0.5) is 4.79 Å². The van der Waals surface area contributed by atoms with Gasteiger partial charge in [0.15, 0.2) is 5.75 Å². The summed E-state index contributed by atoms with van der Waals surface area (Å²) in [5.41, 5.74) is 2.34. The van der Waals surface area contributed by atoms with Crippen molar-refractivity contribution in [2.45, 2.75) is 20.0 Å². The molecule has 0 saturated heterocycles. The number of hydrogen-bond donors (Lipinski definition) is 1. The zero-order chi connectivity index (χ0) is 25.7. The lowest BCUT2D eigenvalue weighted by Crippen LogP contribution is -2.19. The Morgan fingerprint density at radius 2 is 1.78 bits per heavy atom. The van der Waals surface area contributed by atoms with Gasteiger partial charge in [0.05, 0.1) is 39.0 Å². The maximum absolute atomic E-state index is 13.6. The summed E-state index contributed by atoms with van der Waals surface area (Å²) < 4.78 is 23.0. The van der Waals surface area contributed by atoms with Crippen LogP contribution < -0.4 is 25.0 Å². The Bertz CT molecular complexity index is 1420. The Balaban J connectivity index is 1.96. The number of methoxy groups -OCH3 is 2. The van der Waals surface area contributed by atoms with Crippen LogP contribution in [0.15, 0.2) is 59.5 Å². The molecule has 0 atom stereocenters. The Morgan fingerprint density at radius 1 is 1.03 bits per heavy atom. The molecule has 0 saturated carbocycles. The SMILES string of the molecule is CCOC(=O)Oc1cn(Cc2ccccc2OC)c2sc(-c3ccc(OC)cc3)c(CNC)c2c1=O. The lowest BCUT2D eigenvalue weighted by atomic mass is 10.1. The minimum Gasteiger partial charge on any atom is -0.497 e. The van der Waals surface area contributed by atoms with Crippen LogP contribution in [0.2, 0.25) is 0 Å². The van der Waals surface area contributed by atoms with Crippen LogP contribution in [0, 0.1) is 0 Å². The van der Waals surface area contributed by atoms with Crippen molar-refractivity contribution in [1.82, 2.24) is 9.88 Å². The molecule has 2 aromatic carbocycles. The van der Waals surface area contributed by atoms with E-state index in [0.717, 1.165) is 37.9 Å². The van der Waals surface area contributed by atoms with E-state index in [1.54, 1.807) is 27.3 Å². The average molecular weight is 509 g/mol. The highest BCUT2D eigenvalue weighted by atomic mass is 32.1. The number of aromatic nitrogens is 1. The second-order valence-electron chi connectivity index (χ2n) is 7.90. The maximum atomic E-state index is 13.6. The van der Waals surface area contributed by atoms with Crippen molar-refractivity contribution in [3.05, 3.63) is 76.1 Å². The molecule has 9 heteroatoms. The number of nitrogens with one attached hydrogen (secondary N) is 1. The number of pyridine rings is 1. The number of benzene rings is 2. The van der Waals surface area contributed by atoms with Crippen LogP contribution in [0.25, 0.3) is 20.7 Å². The van der Waals surface area contributed by atoms with Gasteiger partial charge in [-0.2, -0.15) is 0 Å². The third-order valence-electron chi connectivity index (χ3n) is 5.67. The first-order valence-corrected chi connectivity index (χ1v) is 12.3. The van der Waals surface area contributed by atoms with Gasteiger partial charge < -0.3 is 28.8 Å². The number of ether oxygens (including phenoxy) is 4. The first kappa shape index (κ1) is 25.3. The fourth-order valence-electron chi connectivity index (χ4n) is 4.04. The molecule has 188 valence electrons. The number of thiophene rings is 1. The average Bonchev–Trinajstić information content (AvgIpc) is 3.27.